The van der Waals surface area contributed by atoms with E-state index in [1.54, 1.807) is 14.0 Å². The van der Waals surface area contributed by atoms with E-state index in [1.807, 2.05) is 0 Å². The summed E-state index contributed by atoms with van der Waals surface area (Å²) >= 11 is 5.60. The SMILES string of the molecule is CNCC(C)C(=O)Nc1ccc(F)c(Cl)c1.Cl. The predicted molar refractivity (Wildman–Crippen MR) is 70.4 cm³/mol. The summed E-state index contributed by atoms with van der Waals surface area (Å²) in [5.41, 5.74) is 0.499. The van der Waals surface area contributed by atoms with E-state index in [-0.39, 0.29) is 29.3 Å². The summed E-state index contributed by atoms with van der Waals surface area (Å²) in [6, 6.07) is 4.09. The van der Waals surface area contributed by atoms with Gasteiger partial charge >= 0.3 is 0 Å². The van der Waals surface area contributed by atoms with Crippen molar-refractivity contribution in [1.29, 1.82) is 0 Å². The molecule has 2 N–H and O–H groups in total. The number of hydrogen-bond acceptors (Lipinski definition) is 2. The Morgan fingerprint density at radius 1 is 1.53 bits per heavy atom. The van der Waals surface area contributed by atoms with Gasteiger partial charge in [-0.2, -0.15) is 0 Å². The van der Waals surface area contributed by atoms with Gasteiger partial charge in [0.15, 0.2) is 0 Å². The summed E-state index contributed by atoms with van der Waals surface area (Å²) < 4.78 is 12.9. The average molecular weight is 281 g/mol. The first-order valence-corrected chi connectivity index (χ1v) is 5.33. The van der Waals surface area contributed by atoms with Crippen LogP contribution in [-0.2, 0) is 4.79 Å². The summed E-state index contributed by atoms with van der Waals surface area (Å²) in [6.45, 7) is 2.39. The molecule has 0 aromatic heterocycles. The molecule has 1 rings (SSSR count). The van der Waals surface area contributed by atoms with Crippen LogP contribution in [0.15, 0.2) is 18.2 Å². The highest BCUT2D eigenvalue weighted by atomic mass is 35.5. The number of halogens is 3. The third-order valence-corrected chi connectivity index (χ3v) is 2.43. The number of hydrogen-bond donors (Lipinski definition) is 2. The molecule has 6 heteroatoms. The van der Waals surface area contributed by atoms with Crippen molar-refractivity contribution in [3.8, 4) is 0 Å². The van der Waals surface area contributed by atoms with Gasteiger partial charge in [-0.1, -0.05) is 18.5 Å². The first kappa shape index (κ1) is 16.2. The van der Waals surface area contributed by atoms with Gasteiger partial charge in [0.25, 0.3) is 0 Å². The van der Waals surface area contributed by atoms with Crippen LogP contribution in [0.2, 0.25) is 5.02 Å². The van der Waals surface area contributed by atoms with Crippen LogP contribution in [0, 0.1) is 11.7 Å². The zero-order chi connectivity index (χ0) is 12.1. The van der Waals surface area contributed by atoms with Crippen molar-refractivity contribution in [2.45, 2.75) is 6.92 Å². The number of carbonyl (C=O) groups is 1. The zero-order valence-electron chi connectivity index (χ0n) is 9.59. The largest absolute Gasteiger partial charge is 0.326 e. The maximum absolute atomic E-state index is 12.9. The van der Waals surface area contributed by atoms with Crippen LogP contribution >= 0.6 is 24.0 Å². The van der Waals surface area contributed by atoms with Crippen LogP contribution in [0.5, 0.6) is 0 Å². The second kappa shape index (κ2) is 7.48. The standard InChI is InChI=1S/C11H14ClFN2O.ClH/c1-7(6-14-2)11(16)15-8-3-4-10(13)9(12)5-8;/h3-5,7,14H,6H2,1-2H3,(H,15,16);1H. The minimum Gasteiger partial charge on any atom is -0.326 e. The summed E-state index contributed by atoms with van der Waals surface area (Å²) in [4.78, 5) is 11.6. The molecule has 0 aliphatic heterocycles. The maximum atomic E-state index is 12.9. The van der Waals surface area contributed by atoms with E-state index in [0.717, 1.165) is 0 Å². The average Bonchev–Trinajstić information content (AvgIpc) is 2.24. The minimum absolute atomic E-state index is 0. The molecule has 0 saturated carbocycles. The molecule has 1 aromatic rings. The Kier molecular flexibility index (Phi) is 7.11. The summed E-state index contributed by atoms with van der Waals surface area (Å²) in [7, 11) is 1.78. The molecule has 0 radical (unpaired) electrons. The molecule has 0 heterocycles. The molecule has 96 valence electrons. The second-order valence-corrected chi connectivity index (χ2v) is 3.98. The van der Waals surface area contributed by atoms with E-state index < -0.39 is 5.82 Å². The van der Waals surface area contributed by atoms with Crippen molar-refractivity contribution < 1.29 is 9.18 Å². The lowest BCUT2D eigenvalue weighted by atomic mass is 10.1. The number of benzene rings is 1. The monoisotopic (exact) mass is 280 g/mol. The fraction of sp³-hybridized carbons (Fsp3) is 0.364. The Morgan fingerprint density at radius 2 is 2.18 bits per heavy atom. The molecule has 1 amide bonds. The molecular formula is C11H15Cl2FN2O. The van der Waals surface area contributed by atoms with Gasteiger partial charge in [-0.05, 0) is 25.2 Å². The van der Waals surface area contributed by atoms with Crippen molar-refractivity contribution in [3.63, 3.8) is 0 Å². The van der Waals surface area contributed by atoms with Crippen molar-refractivity contribution >= 4 is 35.6 Å². The number of amides is 1. The number of carbonyl (C=O) groups excluding carboxylic acids is 1. The molecular weight excluding hydrogens is 266 g/mol. The van der Waals surface area contributed by atoms with E-state index in [4.69, 9.17) is 11.6 Å². The fourth-order valence-corrected chi connectivity index (χ4v) is 1.42. The van der Waals surface area contributed by atoms with Crippen LogP contribution < -0.4 is 10.6 Å². The van der Waals surface area contributed by atoms with Gasteiger partial charge in [0.2, 0.25) is 5.91 Å². The molecule has 0 saturated heterocycles. The Hall–Kier alpha value is -0.840. The van der Waals surface area contributed by atoms with E-state index in [9.17, 15) is 9.18 Å². The Morgan fingerprint density at radius 3 is 2.71 bits per heavy atom. The topological polar surface area (TPSA) is 41.1 Å². The van der Waals surface area contributed by atoms with Gasteiger partial charge in [-0.25, -0.2) is 4.39 Å². The minimum atomic E-state index is -0.497. The van der Waals surface area contributed by atoms with Gasteiger partial charge in [0, 0.05) is 18.2 Å². The van der Waals surface area contributed by atoms with Gasteiger partial charge < -0.3 is 10.6 Å². The van der Waals surface area contributed by atoms with Crippen molar-refractivity contribution in [2.75, 3.05) is 18.9 Å². The molecule has 0 spiro atoms. The normalized spacial score (nSPS) is 11.5. The van der Waals surface area contributed by atoms with Crippen molar-refractivity contribution in [1.82, 2.24) is 5.32 Å². The highest BCUT2D eigenvalue weighted by Crippen LogP contribution is 2.19. The van der Waals surface area contributed by atoms with Crippen LogP contribution in [0.25, 0.3) is 0 Å². The van der Waals surface area contributed by atoms with E-state index in [2.05, 4.69) is 10.6 Å². The molecule has 1 aromatic carbocycles. The molecule has 0 bridgehead atoms. The lowest BCUT2D eigenvalue weighted by Crippen LogP contribution is -2.28. The number of rotatable bonds is 4. The highest BCUT2D eigenvalue weighted by molar-refractivity contribution is 6.31. The Balaban J connectivity index is 0.00000256. The Bertz CT molecular complexity index is 388. The highest BCUT2D eigenvalue weighted by Gasteiger charge is 2.12. The summed E-state index contributed by atoms with van der Waals surface area (Å²) in [6.07, 6.45) is 0. The van der Waals surface area contributed by atoms with Gasteiger partial charge in [0.05, 0.1) is 5.02 Å². The first-order valence-electron chi connectivity index (χ1n) is 4.95. The Labute approximate surface area is 111 Å². The molecule has 17 heavy (non-hydrogen) atoms. The van der Waals surface area contributed by atoms with Crippen LogP contribution in [-0.4, -0.2) is 19.5 Å². The zero-order valence-corrected chi connectivity index (χ0v) is 11.2. The van der Waals surface area contributed by atoms with E-state index in [0.29, 0.717) is 12.2 Å². The summed E-state index contributed by atoms with van der Waals surface area (Å²) in [5.74, 6) is -0.784. The van der Waals surface area contributed by atoms with Crippen molar-refractivity contribution in [2.24, 2.45) is 5.92 Å². The quantitative estimate of drug-likeness (QED) is 0.891. The van der Waals surface area contributed by atoms with E-state index in [1.165, 1.54) is 18.2 Å². The predicted octanol–water partition coefficient (Wildman–Crippen LogP) is 2.69. The van der Waals surface area contributed by atoms with Gasteiger partial charge in [-0.15, -0.1) is 12.4 Å². The third-order valence-electron chi connectivity index (χ3n) is 2.15. The third kappa shape index (κ3) is 4.89. The molecule has 0 aliphatic rings. The van der Waals surface area contributed by atoms with Gasteiger partial charge in [0.1, 0.15) is 5.82 Å². The fourth-order valence-electron chi connectivity index (χ4n) is 1.24. The molecule has 1 atom stereocenters. The van der Waals surface area contributed by atoms with E-state index >= 15 is 0 Å². The molecule has 3 nitrogen and oxygen atoms in total. The second-order valence-electron chi connectivity index (χ2n) is 3.58. The van der Waals surface area contributed by atoms with Crippen LogP contribution in [0.4, 0.5) is 10.1 Å². The maximum Gasteiger partial charge on any atom is 0.228 e. The lowest BCUT2D eigenvalue weighted by Gasteiger charge is -2.11. The molecule has 0 aliphatic carbocycles. The van der Waals surface area contributed by atoms with Crippen molar-refractivity contribution in [3.05, 3.63) is 29.0 Å². The van der Waals surface area contributed by atoms with Crippen LogP contribution in [0.1, 0.15) is 6.92 Å². The number of anilines is 1. The van der Waals surface area contributed by atoms with Gasteiger partial charge in [-0.3, -0.25) is 4.79 Å². The smallest absolute Gasteiger partial charge is 0.228 e. The first-order chi connectivity index (χ1) is 7.54. The molecule has 1 unspecified atom stereocenters. The lowest BCUT2D eigenvalue weighted by molar-refractivity contribution is -0.119. The summed E-state index contributed by atoms with van der Waals surface area (Å²) in [5, 5.41) is 5.57. The number of nitrogens with one attached hydrogen (secondary N) is 2. The molecule has 0 fully saturated rings. The van der Waals surface area contributed by atoms with Crippen LogP contribution in [0.3, 0.4) is 0 Å².